The number of aryl methyl sites for hydroxylation is 1. The van der Waals surface area contributed by atoms with E-state index in [9.17, 15) is 5.11 Å². The maximum absolute atomic E-state index is 9.50. The molecule has 0 unspecified atom stereocenters. The summed E-state index contributed by atoms with van der Waals surface area (Å²) in [5.41, 5.74) is 2.15. The number of hydrogen-bond donors (Lipinski definition) is 1. The quantitative estimate of drug-likeness (QED) is 0.903. The standard InChI is InChI=1S/C14H15NO3/c1-9-13(16)6-5-12(15-9)11-8-10(17-2)4-7-14(11)18-3/h4-8,16H,1-3H3. The van der Waals surface area contributed by atoms with E-state index >= 15 is 0 Å². The van der Waals surface area contributed by atoms with Gasteiger partial charge in [-0.3, -0.25) is 0 Å². The highest BCUT2D eigenvalue weighted by Gasteiger charge is 2.10. The molecule has 0 aliphatic heterocycles. The molecule has 2 aromatic rings. The highest BCUT2D eigenvalue weighted by atomic mass is 16.5. The van der Waals surface area contributed by atoms with E-state index < -0.39 is 0 Å². The van der Waals surface area contributed by atoms with Gasteiger partial charge in [0.05, 0.1) is 25.6 Å². The summed E-state index contributed by atoms with van der Waals surface area (Å²) in [6, 6.07) is 8.89. The molecule has 0 radical (unpaired) electrons. The summed E-state index contributed by atoms with van der Waals surface area (Å²) >= 11 is 0. The van der Waals surface area contributed by atoms with Gasteiger partial charge < -0.3 is 14.6 Å². The fourth-order valence-corrected chi connectivity index (χ4v) is 1.72. The summed E-state index contributed by atoms with van der Waals surface area (Å²) in [4.78, 5) is 4.34. The van der Waals surface area contributed by atoms with Crippen molar-refractivity contribution in [2.75, 3.05) is 14.2 Å². The van der Waals surface area contributed by atoms with Crippen molar-refractivity contribution in [3.05, 3.63) is 36.0 Å². The maximum Gasteiger partial charge on any atom is 0.136 e. The van der Waals surface area contributed by atoms with Gasteiger partial charge in [-0.05, 0) is 37.3 Å². The van der Waals surface area contributed by atoms with Crippen LogP contribution in [0.2, 0.25) is 0 Å². The van der Waals surface area contributed by atoms with Gasteiger partial charge in [0, 0.05) is 5.56 Å². The summed E-state index contributed by atoms with van der Waals surface area (Å²) in [5.74, 6) is 1.63. The number of hydrogen-bond acceptors (Lipinski definition) is 4. The first-order valence-corrected chi connectivity index (χ1v) is 5.54. The molecule has 0 aliphatic rings. The Hall–Kier alpha value is -2.23. The van der Waals surface area contributed by atoms with Crippen LogP contribution in [0.3, 0.4) is 0 Å². The first-order chi connectivity index (χ1) is 8.65. The van der Waals surface area contributed by atoms with Crippen molar-refractivity contribution in [2.45, 2.75) is 6.92 Å². The van der Waals surface area contributed by atoms with Gasteiger partial charge in [-0.15, -0.1) is 0 Å². The summed E-state index contributed by atoms with van der Waals surface area (Å²) in [6.07, 6.45) is 0. The summed E-state index contributed by atoms with van der Waals surface area (Å²) in [6.45, 7) is 1.76. The molecule has 0 saturated carbocycles. The molecular weight excluding hydrogens is 230 g/mol. The van der Waals surface area contributed by atoms with E-state index in [2.05, 4.69) is 4.98 Å². The van der Waals surface area contributed by atoms with E-state index in [1.807, 2.05) is 18.2 Å². The highest BCUT2D eigenvalue weighted by Crippen LogP contribution is 2.33. The normalized spacial score (nSPS) is 10.2. The molecule has 0 fully saturated rings. The van der Waals surface area contributed by atoms with Gasteiger partial charge in [0.1, 0.15) is 17.2 Å². The number of nitrogens with zero attached hydrogens (tertiary/aromatic N) is 1. The Morgan fingerprint density at radius 3 is 2.44 bits per heavy atom. The molecule has 94 valence electrons. The summed E-state index contributed by atoms with van der Waals surface area (Å²) in [5, 5.41) is 9.50. The van der Waals surface area contributed by atoms with Crippen LogP contribution in [-0.4, -0.2) is 24.3 Å². The largest absolute Gasteiger partial charge is 0.506 e. The lowest BCUT2D eigenvalue weighted by Gasteiger charge is -2.10. The fourth-order valence-electron chi connectivity index (χ4n) is 1.72. The van der Waals surface area contributed by atoms with Gasteiger partial charge in [0.2, 0.25) is 0 Å². The maximum atomic E-state index is 9.50. The third kappa shape index (κ3) is 2.22. The van der Waals surface area contributed by atoms with Crippen molar-refractivity contribution in [2.24, 2.45) is 0 Å². The zero-order chi connectivity index (χ0) is 13.1. The fraction of sp³-hybridized carbons (Fsp3) is 0.214. The molecule has 0 amide bonds. The van der Waals surface area contributed by atoms with Crippen molar-refractivity contribution in [1.29, 1.82) is 0 Å². The second kappa shape index (κ2) is 4.96. The van der Waals surface area contributed by atoms with Gasteiger partial charge in [0.25, 0.3) is 0 Å². The molecule has 4 heteroatoms. The minimum absolute atomic E-state index is 0.181. The van der Waals surface area contributed by atoms with Gasteiger partial charge in [0.15, 0.2) is 0 Å². The number of benzene rings is 1. The van der Waals surface area contributed by atoms with Crippen molar-refractivity contribution >= 4 is 0 Å². The average Bonchev–Trinajstić information content (AvgIpc) is 2.41. The second-order valence-electron chi connectivity index (χ2n) is 3.87. The summed E-state index contributed by atoms with van der Waals surface area (Å²) in [7, 11) is 3.22. The zero-order valence-corrected chi connectivity index (χ0v) is 10.6. The molecule has 4 nitrogen and oxygen atoms in total. The van der Waals surface area contributed by atoms with Crippen LogP contribution in [0.5, 0.6) is 17.2 Å². The van der Waals surface area contributed by atoms with E-state index in [1.54, 1.807) is 33.3 Å². The summed E-state index contributed by atoms with van der Waals surface area (Å²) < 4.78 is 10.5. The Kier molecular flexibility index (Phi) is 3.37. The first-order valence-electron chi connectivity index (χ1n) is 5.54. The van der Waals surface area contributed by atoms with E-state index in [-0.39, 0.29) is 5.75 Å². The smallest absolute Gasteiger partial charge is 0.136 e. The molecule has 18 heavy (non-hydrogen) atoms. The van der Waals surface area contributed by atoms with E-state index in [1.165, 1.54) is 0 Å². The molecule has 2 rings (SSSR count). The molecular formula is C14H15NO3. The molecule has 1 N–H and O–H groups in total. The lowest BCUT2D eigenvalue weighted by atomic mass is 10.1. The van der Waals surface area contributed by atoms with Crippen LogP contribution < -0.4 is 9.47 Å². The van der Waals surface area contributed by atoms with Crippen LogP contribution >= 0.6 is 0 Å². The molecule has 1 aromatic carbocycles. The van der Waals surface area contributed by atoms with Crippen LogP contribution in [0.15, 0.2) is 30.3 Å². The third-order valence-corrected chi connectivity index (χ3v) is 2.74. The molecule has 0 saturated heterocycles. The number of methoxy groups -OCH3 is 2. The predicted octanol–water partition coefficient (Wildman–Crippen LogP) is 2.78. The van der Waals surface area contributed by atoms with Crippen molar-refractivity contribution in [1.82, 2.24) is 4.98 Å². The van der Waals surface area contributed by atoms with Gasteiger partial charge in [-0.25, -0.2) is 4.98 Å². The monoisotopic (exact) mass is 245 g/mol. The van der Waals surface area contributed by atoms with E-state index in [0.717, 1.165) is 17.0 Å². The zero-order valence-electron chi connectivity index (χ0n) is 10.6. The van der Waals surface area contributed by atoms with Crippen molar-refractivity contribution < 1.29 is 14.6 Å². The predicted molar refractivity (Wildman–Crippen MR) is 69.2 cm³/mol. The van der Waals surface area contributed by atoms with Crippen LogP contribution in [0.25, 0.3) is 11.3 Å². The number of pyridine rings is 1. The van der Waals surface area contributed by atoms with Crippen LogP contribution in [-0.2, 0) is 0 Å². The van der Waals surface area contributed by atoms with Gasteiger partial charge >= 0.3 is 0 Å². The van der Waals surface area contributed by atoms with Crippen molar-refractivity contribution in [3.8, 4) is 28.5 Å². The highest BCUT2D eigenvalue weighted by molar-refractivity contribution is 5.69. The number of aromatic hydroxyl groups is 1. The average molecular weight is 245 g/mol. The van der Waals surface area contributed by atoms with Gasteiger partial charge in [-0.1, -0.05) is 0 Å². The Bertz CT molecular complexity index is 567. The minimum atomic E-state index is 0.181. The molecule has 1 aromatic heterocycles. The third-order valence-electron chi connectivity index (χ3n) is 2.74. The van der Waals surface area contributed by atoms with E-state index in [0.29, 0.717) is 11.4 Å². The molecule has 0 spiro atoms. The Labute approximate surface area is 106 Å². The molecule has 0 aliphatic carbocycles. The molecule has 0 bridgehead atoms. The Morgan fingerprint density at radius 1 is 1.06 bits per heavy atom. The van der Waals surface area contributed by atoms with Crippen molar-refractivity contribution in [3.63, 3.8) is 0 Å². The Balaban J connectivity index is 2.57. The number of aromatic nitrogens is 1. The lowest BCUT2D eigenvalue weighted by molar-refractivity contribution is 0.404. The minimum Gasteiger partial charge on any atom is -0.506 e. The Morgan fingerprint density at radius 2 is 1.83 bits per heavy atom. The van der Waals surface area contributed by atoms with Gasteiger partial charge in [-0.2, -0.15) is 0 Å². The van der Waals surface area contributed by atoms with Crippen LogP contribution in [0, 0.1) is 6.92 Å². The first kappa shape index (κ1) is 12.2. The lowest BCUT2D eigenvalue weighted by Crippen LogP contribution is -1.93. The van der Waals surface area contributed by atoms with Crippen LogP contribution in [0.4, 0.5) is 0 Å². The number of rotatable bonds is 3. The van der Waals surface area contributed by atoms with Crippen LogP contribution in [0.1, 0.15) is 5.69 Å². The SMILES string of the molecule is COc1ccc(OC)c(-c2ccc(O)c(C)n2)c1. The molecule has 1 heterocycles. The number of ether oxygens (including phenoxy) is 2. The topological polar surface area (TPSA) is 51.6 Å². The second-order valence-corrected chi connectivity index (χ2v) is 3.87. The van der Waals surface area contributed by atoms with E-state index in [4.69, 9.17) is 9.47 Å². The molecule has 0 atom stereocenters.